The Labute approximate surface area is 75.6 Å². The predicted octanol–water partition coefficient (Wildman–Crippen LogP) is 2.44. The summed E-state index contributed by atoms with van der Waals surface area (Å²) in [6, 6.07) is 2.99. The van der Waals surface area contributed by atoms with Crippen LogP contribution in [0.5, 0.6) is 0 Å². The summed E-state index contributed by atoms with van der Waals surface area (Å²) in [7, 11) is 0. The summed E-state index contributed by atoms with van der Waals surface area (Å²) < 4.78 is 17.7. The highest BCUT2D eigenvalue weighted by molar-refractivity contribution is 9.10. The van der Waals surface area contributed by atoms with E-state index in [1.807, 2.05) is 0 Å². The van der Waals surface area contributed by atoms with Gasteiger partial charge in [-0.1, -0.05) is 0 Å². The number of rotatable bonds is 2. The van der Waals surface area contributed by atoms with Crippen LogP contribution in [0.15, 0.2) is 27.0 Å². The summed E-state index contributed by atoms with van der Waals surface area (Å²) in [6.07, 6.45) is 0.799. The van der Waals surface area contributed by atoms with Gasteiger partial charge in [0.05, 0.1) is 0 Å². The summed E-state index contributed by atoms with van der Waals surface area (Å²) in [6.45, 7) is 0. The first kappa shape index (κ1) is 8.99. The van der Waals surface area contributed by atoms with Gasteiger partial charge < -0.3 is 9.52 Å². The van der Waals surface area contributed by atoms with Gasteiger partial charge in [0.15, 0.2) is 4.67 Å². The van der Waals surface area contributed by atoms with E-state index in [4.69, 9.17) is 9.52 Å². The highest BCUT2D eigenvalue weighted by Gasteiger charge is 2.06. The van der Waals surface area contributed by atoms with Gasteiger partial charge in [-0.05, 0) is 28.1 Å². The highest BCUT2D eigenvalue weighted by Crippen LogP contribution is 2.16. The Hall–Kier alpha value is -1.10. The van der Waals surface area contributed by atoms with E-state index >= 15 is 0 Å². The van der Waals surface area contributed by atoms with E-state index in [0.717, 1.165) is 6.08 Å². The Morgan fingerprint density at radius 1 is 1.67 bits per heavy atom. The number of hydrogen-bond acceptors (Lipinski definition) is 2. The molecule has 1 rings (SSSR count). The molecule has 0 bridgehead atoms. The van der Waals surface area contributed by atoms with Gasteiger partial charge in [-0.3, -0.25) is 0 Å². The number of aliphatic carboxylic acids is 1. The normalized spacial score (nSPS) is 11.7. The van der Waals surface area contributed by atoms with Crippen molar-refractivity contribution in [3.8, 4) is 0 Å². The van der Waals surface area contributed by atoms with Crippen molar-refractivity contribution in [1.29, 1.82) is 0 Å². The van der Waals surface area contributed by atoms with Gasteiger partial charge >= 0.3 is 5.97 Å². The first-order valence-corrected chi connectivity index (χ1v) is 3.74. The van der Waals surface area contributed by atoms with E-state index < -0.39 is 11.8 Å². The first-order valence-electron chi connectivity index (χ1n) is 2.95. The van der Waals surface area contributed by atoms with Gasteiger partial charge in [-0.2, -0.15) is 4.39 Å². The number of furan rings is 1. The second kappa shape index (κ2) is 3.53. The van der Waals surface area contributed by atoms with Gasteiger partial charge in [0.1, 0.15) is 5.76 Å². The fraction of sp³-hybridized carbons (Fsp3) is 0. The zero-order valence-corrected chi connectivity index (χ0v) is 7.34. The van der Waals surface area contributed by atoms with Crippen LogP contribution in [0.4, 0.5) is 4.39 Å². The number of carboxylic acids is 1. The van der Waals surface area contributed by atoms with Crippen molar-refractivity contribution >= 4 is 28.0 Å². The van der Waals surface area contributed by atoms with E-state index in [1.165, 1.54) is 6.07 Å². The van der Waals surface area contributed by atoms with E-state index in [0.29, 0.717) is 4.67 Å². The van der Waals surface area contributed by atoms with Crippen LogP contribution in [0.2, 0.25) is 0 Å². The second-order valence-corrected chi connectivity index (χ2v) is 2.72. The van der Waals surface area contributed by atoms with Crippen molar-refractivity contribution < 1.29 is 18.7 Å². The van der Waals surface area contributed by atoms with Crippen molar-refractivity contribution in [1.82, 2.24) is 0 Å². The Balaban J connectivity index is 2.87. The molecule has 3 nitrogen and oxygen atoms in total. The molecule has 0 aliphatic heterocycles. The van der Waals surface area contributed by atoms with Gasteiger partial charge in [0, 0.05) is 6.08 Å². The van der Waals surface area contributed by atoms with Crippen LogP contribution in [0.3, 0.4) is 0 Å². The Morgan fingerprint density at radius 2 is 2.33 bits per heavy atom. The van der Waals surface area contributed by atoms with Crippen LogP contribution in [0.1, 0.15) is 5.76 Å². The number of carbonyl (C=O) groups is 1. The summed E-state index contributed by atoms with van der Waals surface area (Å²) in [5, 5.41) is 8.15. The van der Waals surface area contributed by atoms with Crippen molar-refractivity contribution in [2.75, 3.05) is 0 Å². The van der Waals surface area contributed by atoms with Crippen molar-refractivity contribution in [2.24, 2.45) is 0 Å². The zero-order chi connectivity index (χ0) is 9.14. The lowest BCUT2D eigenvalue weighted by Crippen LogP contribution is -1.93. The molecule has 0 radical (unpaired) electrons. The SMILES string of the molecule is O=C(O)C(F)=Cc1ccc(Br)o1. The standard InChI is InChI=1S/C7H4BrFO3/c8-6-2-1-4(12-6)3-5(9)7(10)11/h1-3H,(H,10,11). The average molecular weight is 235 g/mol. The molecule has 5 heteroatoms. The molecule has 0 spiro atoms. The summed E-state index contributed by atoms with van der Waals surface area (Å²) in [5.41, 5.74) is 0. The van der Waals surface area contributed by atoms with Crippen LogP contribution in [0, 0.1) is 0 Å². The van der Waals surface area contributed by atoms with Crippen LogP contribution >= 0.6 is 15.9 Å². The molecule has 0 amide bonds. The predicted molar refractivity (Wildman–Crippen MR) is 43.1 cm³/mol. The Kier molecular flexibility index (Phi) is 2.65. The third kappa shape index (κ3) is 2.20. The summed E-state index contributed by atoms with van der Waals surface area (Å²) >= 11 is 2.99. The van der Waals surface area contributed by atoms with Crippen LogP contribution < -0.4 is 0 Å². The molecule has 0 saturated carbocycles. The highest BCUT2D eigenvalue weighted by atomic mass is 79.9. The number of carboxylic acid groups (broad SMARTS) is 1. The molecule has 1 aromatic heterocycles. The third-order valence-electron chi connectivity index (χ3n) is 1.07. The zero-order valence-electron chi connectivity index (χ0n) is 5.75. The quantitative estimate of drug-likeness (QED) is 0.800. The topological polar surface area (TPSA) is 50.4 Å². The van der Waals surface area contributed by atoms with Gasteiger partial charge in [0.2, 0.25) is 5.83 Å². The van der Waals surface area contributed by atoms with E-state index in [2.05, 4.69) is 15.9 Å². The Bertz CT molecular complexity index is 329. The van der Waals surface area contributed by atoms with Crippen molar-refractivity contribution in [3.63, 3.8) is 0 Å². The maximum Gasteiger partial charge on any atom is 0.364 e. The van der Waals surface area contributed by atoms with Gasteiger partial charge in [-0.25, -0.2) is 4.79 Å². The maximum atomic E-state index is 12.4. The molecule has 1 N–H and O–H groups in total. The fourth-order valence-corrected chi connectivity index (χ4v) is 0.912. The lowest BCUT2D eigenvalue weighted by molar-refractivity contribution is -0.134. The lowest BCUT2D eigenvalue weighted by Gasteiger charge is -1.86. The maximum absolute atomic E-state index is 12.4. The molecule has 1 heterocycles. The fourth-order valence-electron chi connectivity index (χ4n) is 0.592. The van der Waals surface area contributed by atoms with Gasteiger partial charge in [0.25, 0.3) is 0 Å². The molecule has 1 aromatic rings. The van der Waals surface area contributed by atoms with Crippen molar-refractivity contribution in [3.05, 3.63) is 28.4 Å². The largest absolute Gasteiger partial charge is 0.476 e. The van der Waals surface area contributed by atoms with E-state index in [9.17, 15) is 9.18 Å². The number of hydrogen-bond donors (Lipinski definition) is 1. The smallest absolute Gasteiger partial charge is 0.364 e. The summed E-state index contributed by atoms with van der Waals surface area (Å²) in [5.74, 6) is -2.71. The molecule has 0 saturated heterocycles. The van der Waals surface area contributed by atoms with E-state index in [1.54, 1.807) is 6.07 Å². The van der Waals surface area contributed by atoms with Crippen LogP contribution in [-0.2, 0) is 4.79 Å². The lowest BCUT2D eigenvalue weighted by atomic mass is 10.4. The minimum atomic E-state index is -1.61. The monoisotopic (exact) mass is 234 g/mol. The van der Waals surface area contributed by atoms with Crippen LogP contribution in [-0.4, -0.2) is 11.1 Å². The molecule has 0 aliphatic carbocycles. The van der Waals surface area contributed by atoms with Crippen LogP contribution in [0.25, 0.3) is 6.08 Å². The minimum Gasteiger partial charge on any atom is -0.476 e. The Morgan fingerprint density at radius 3 is 2.75 bits per heavy atom. The number of halogens is 2. The molecule has 0 fully saturated rings. The molecular weight excluding hydrogens is 231 g/mol. The second-order valence-electron chi connectivity index (χ2n) is 1.94. The average Bonchev–Trinajstić information content (AvgIpc) is 2.35. The molecule has 0 unspecified atom stereocenters. The summed E-state index contributed by atoms with van der Waals surface area (Å²) in [4.78, 5) is 10.0. The third-order valence-corrected chi connectivity index (χ3v) is 1.49. The van der Waals surface area contributed by atoms with Gasteiger partial charge in [-0.15, -0.1) is 0 Å². The van der Waals surface area contributed by atoms with E-state index in [-0.39, 0.29) is 5.76 Å². The molecule has 0 atom stereocenters. The van der Waals surface area contributed by atoms with Crippen molar-refractivity contribution in [2.45, 2.75) is 0 Å². The minimum absolute atomic E-state index is 0.154. The first-order chi connectivity index (χ1) is 5.59. The molecule has 0 aliphatic rings. The molecule has 64 valence electrons. The molecule has 0 aromatic carbocycles. The molecule has 12 heavy (non-hydrogen) atoms. The molecular formula is C7H4BrFO3.